The molecule has 0 saturated carbocycles. The first-order valence-electron chi connectivity index (χ1n) is 10.3. The van der Waals surface area contributed by atoms with Gasteiger partial charge in [0.15, 0.2) is 0 Å². The van der Waals surface area contributed by atoms with Gasteiger partial charge in [0, 0.05) is 16.8 Å². The molecule has 34 heavy (non-hydrogen) atoms. The van der Waals surface area contributed by atoms with Crippen molar-refractivity contribution in [1.29, 1.82) is 0 Å². The summed E-state index contributed by atoms with van der Waals surface area (Å²) in [5.74, 6) is -0.227. The van der Waals surface area contributed by atoms with E-state index in [2.05, 4.69) is 25.9 Å². The van der Waals surface area contributed by atoms with Crippen LogP contribution in [0.3, 0.4) is 0 Å². The van der Waals surface area contributed by atoms with Gasteiger partial charge in [-0.2, -0.15) is 13.2 Å². The third-order valence-corrected chi connectivity index (χ3v) is 4.48. The van der Waals surface area contributed by atoms with E-state index in [0.29, 0.717) is 16.6 Å². The SMILES string of the molecule is C[C@@H](NC(=O)OC(C)(C)C)C(=O)Nc1ccc2ncnc(Nc3cccc(C(F)(F)F)c3)c2c1. The van der Waals surface area contributed by atoms with E-state index in [4.69, 9.17) is 4.74 Å². The Morgan fingerprint density at radius 2 is 1.74 bits per heavy atom. The fourth-order valence-electron chi connectivity index (χ4n) is 2.94. The van der Waals surface area contributed by atoms with E-state index in [1.54, 1.807) is 39.0 Å². The van der Waals surface area contributed by atoms with Gasteiger partial charge in [0.05, 0.1) is 11.1 Å². The Balaban J connectivity index is 1.78. The molecule has 1 heterocycles. The van der Waals surface area contributed by atoms with Gasteiger partial charge in [0.1, 0.15) is 23.8 Å². The molecule has 0 aliphatic rings. The van der Waals surface area contributed by atoms with E-state index < -0.39 is 35.4 Å². The van der Waals surface area contributed by atoms with Crippen molar-refractivity contribution in [2.24, 2.45) is 0 Å². The summed E-state index contributed by atoms with van der Waals surface area (Å²) in [5, 5.41) is 8.48. The fraction of sp³-hybridized carbons (Fsp3) is 0.304. The number of alkyl carbamates (subject to hydrolysis) is 1. The Hall–Kier alpha value is -3.89. The van der Waals surface area contributed by atoms with Gasteiger partial charge in [-0.1, -0.05) is 6.07 Å². The van der Waals surface area contributed by atoms with Gasteiger partial charge >= 0.3 is 12.3 Å². The van der Waals surface area contributed by atoms with Gasteiger partial charge < -0.3 is 20.7 Å². The molecule has 1 atom stereocenters. The summed E-state index contributed by atoms with van der Waals surface area (Å²) in [4.78, 5) is 32.7. The maximum Gasteiger partial charge on any atom is 0.416 e. The molecule has 0 aliphatic carbocycles. The molecule has 0 radical (unpaired) electrons. The molecule has 11 heteroatoms. The highest BCUT2D eigenvalue weighted by atomic mass is 19.4. The zero-order valence-electron chi connectivity index (χ0n) is 18.9. The molecule has 3 rings (SSSR count). The Morgan fingerprint density at radius 1 is 1.00 bits per heavy atom. The number of carbonyl (C=O) groups is 2. The number of ether oxygens (including phenoxy) is 1. The summed E-state index contributed by atoms with van der Waals surface area (Å²) in [5.41, 5.74) is -0.406. The maximum atomic E-state index is 13.0. The van der Waals surface area contributed by atoms with Crippen molar-refractivity contribution in [2.45, 2.75) is 45.5 Å². The first-order chi connectivity index (χ1) is 15.8. The minimum absolute atomic E-state index is 0.194. The molecule has 2 amide bonds. The van der Waals surface area contributed by atoms with Crippen molar-refractivity contribution in [2.75, 3.05) is 10.6 Å². The van der Waals surface area contributed by atoms with E-state index in [9.17, 15) is 22.8 Å². The molecule has 0 fully saturated rings. The van der Waals surface area contributed by atoms with E-state index in [0.717, 1.165) is 12.1 Å². The number of fused-ring (bicyclic) bond motifs is 1. The Labute approximate surface area is 193 Å². The first kappa shape index (κ1) is 24.7. The fourth-order valence-corrected chi connectivity index (χ4v) is 2.94. The standard InChI is InChI=1S/C23H24F3N5O3/c1-13(29-21(33)34-22(2,3)4)20(32)31-16-8-9-18-17(11-16)19(28-12-27-18)30-15-7-5-6-14(10-15)23(24,25)26/h5-13H,1-4H3,(H,29,33)(H,31,32)(H,27,28,30)/t13-/m1/s1. The minimum Gasteiger partial charge on any atom is -0.444 e. The van der Waals surface area contributed by atoms with Crippen LogP contribution >= 0.6 is 0 Å². The number of aromatic nitrogens is 2. The number of carbonyl (C=O) groups excluding carboxylic acids is 2. The molecular formula is C23H24F3N5O3. The van der Waals surface area contributed by atoms with Gasteiger partial charge in [-0.25, -0.2) is 14.8 Å². The molecule has 3 N–H and O–H groups in total. The molecule has 0 unspecified atom stereocenters. The lowest BCUT2D eigenvalue weighted by Gasteiger charge is -2.21. The summed E-state index contributed by atoms with van der Waals surface area (Å²) in [6, 6.07) is 8.67. The van der Waals surface area contributed by atoms with Crippen molar-refractivity contribution in [3.63, 3.8) is 0 Å². The third-order valence-electron chi connectivity index (χ3n) is 4.48. The molecule has 180 valence electrons. The minimum atomic E-state index is -4.48. The van der Waals surface area contributed by atoms with Gasteiger partial charge in [-0.05, 0) is 64.1 Å². The zero-order chi connectivity index (χ0) is 25.1. The smallest absolute Gasteiger partial charge is 0.416 e. The van der Waals surface area contributed by atoms with Crippen molar-refractivity contribution in [3.8, 4) is 0 Å². The van der Waals surface area contributed by atoms with E-state index in [-0.39, 0.29) is 11.5 Å². The molecule has 1 aromatic heterocycles. The van der Waals surface area contributed by atoms with E-state index in [1.807, 2.05) is 0 Å². The summed E-state index contributed by atoms with van der Waals surface area (Å²) < 4.78 is 44.2. The molecule has 0 bridgehead atoms. The van der Waals surface area contributed by atoms with Crippen molar-refractivity contribution in [1.82, 2.24) is 15.3 Å². The lowest BCUT2D eigenvalue weighted by atomic mass is 10.1. The van der Waals surface area contributed by atoms with E-state index in [1.165, 1.54) is 25.4 Å². The Bertz CT molecular complexity index is 1210. The van der Waals surface area contributed by atoms with E-state index >= 15 is 0 Å². The zero-order valence-corrected chi connectivity index (χ0v) is 18.9. The molecule has 0 spiro atoms. The average molecular weight is 475 g/mol. The number of hydrogen-bond donors (Lipinski definition) is 3. The summed E-state index contributed by atoms with van der Waals surface area (Å²) in [7, 11) is 0. The second kappa shape index (κ2) is 9.54. The van der Waals surface area contributed by atoms with Gasteiger partial charge in [0.2, 0.25) is 5.91 Å². The molecule has 0 aliphatic heterocycles. The van der Waals surface area contributed by atoms with Crippen molar-refractivity contribution in [3.05, 3.63) is 54.4 Å². The summed E-state index contributed by atoms with van der Waals surface area (Å²) in [6.45, 7) is 6.63. The Kier molecular flexibility index (Phi) is 6.94. The van der Waals surface area contributed by atoms with Crippen LogP contribution in [0.5, 0.6) is 0 Å². The highest BCUT2D eigenvalue weighted by Crippen LogP contribution is 2.32. The quantitative estimate of drug-likeness (QED) is 0.466. The lowest BCUT2D eigenvalue weighted by Crippen LogP contribution is -2.43. The van der Waals surface area contributed by atoms with Crippen LogP contribution < -0.4 is 16.0 Å². The normalized spacial score (nSPS) is 12.7. The number of halogens is 3. The number of amides is 2. The summed E-state index contributed by atoms with van der Waals surface area (Å²) in [6.07, 6.45) is -3.93. The highest BCUT2D eigenvalue weighted by molar-refractivity contribution is 5.99. The summed E-state index contributed by atoms with van der Waals surface area (Å²) >= 11 is 0. The van der Waals surface area contributed by atoms with Gasteiger partial charge in [-0.3, -0.25) is 4.79 Å². The van der Waals surface area contributed by atoms with Crippen LogP contribution in [0, 0.1) is 0 Å². The van der Waals surface area contributed by atoms with Crippen LogP contribution in [0.1, 0.15) is 33.3 Å². The number of nitrogens with zero attached hydrogens (tertiary/aromatic N) is 2. The molecule has 2 aromatic carbocycles. The van der Waals surface area contributed by atoms with Crippen LogP contribution in [-0.2, 0) is 15.7 Å². The highest BCUT2D eigenvalue weighted by Gasteiger charge is 2.30. The van der Waals surface area contributed by atoms with Crippen molar-refractivity contribution < 1.29 is 27.5 Å². The number of rotatable bonds is 5. The topological polar surface area (TPSA) is 105 Å². The van der Waals surface area contributed by atoms with Crippen LogP contribution in [0.15, 0.2) is 48.8 Å². The molecule has 8 nitrogen and oxygen atoms in total. The average Bonchev–Trinajstić information content (AvgIpc) is 2.72. The molecule has 0 saturated heterocycles. The second-order valence-corrected chi connectivity index (χ2v) is 8.51. The molecular weight excluding hydrogens is 451 g/mol. The first-order valence-corrected chi connectivity index (χ1v) is 10.3. The monoisotopic (exact) mass is 475 g/mol. The Morgan fingerprint density at radius 3 is 2.41 bits per heavy atom. The number of alkyl halides is 3. The van der Waals surface area contributed by atoms with Crippen LogP contribution in [-0.4, -0.2) is 33.6 Å². The number of benzene rings is 2. The number of nitrogens with one attached hydrogen (secondary N) is 3. The van der Waals surface area contributed by atoms with Gasteiger partial charge in [0.25, 0.3) is 0 Å². The van der Waals surface area contributed by atoms with Crippen molar-refractivity contribution >= 4 is 40.1 Å². The lowest BCUT2D eigenvalue weighted by molar-refractivity contribution is -0.137. The number of hydrogen-bond acceptors (Lipinski definition) is 6. The largest absolute Gasteiger partial charge is 0.444 e. The predicted octanol–water partition coefficient (Wildman–Crippen LogP) is 5.24. The maximum absolute atomic E-state index is 13.0. The van der Waals surface area contributed by atoms with Crippen LogP contribution in [0.4, 0.5) is 35.2 Å². The second-order valence-electron chi connectivity index (χ2n) is 8.51. The number of anilines is 3. The third kappa shape index (κ3) is 6.56. The van der Waals surface area contributed by atoms with Gasteiger partial charge in [-0.15, -0.1) is 0 Å². The molecule has 3 aromatic rings. The van der Waals surface area contributed by atoms with Crippen LogP contribution in [0.25, 0.3) is 10.9 Å². The van der Waals surface area contributed by atoms with Crippen LogP contribution in [0.2, 0.25) is 0 Å². The predicted molar refractivity (Wildman–Crippen MR) is 122 cm³/mol.